The lowest BCUT2D eigenvalue weighted by molar-refractivity contribution is -0.141. The SMILES string of the molecule is Cc1cc(C(=O)N2CCC(C(=O)O)C2)cc(S(N)(=O)=O)c1C. The summed E-state index contributed by atoms with van der Waals surface area (Å²) in [5, 5.41) is 14.2. The molecule has 0 bridgehead atoms. The fourth-order valence-electron chi connectivity index (χ4n) is 2.57. The van der Waals surface area contributed by atoms with E-state index in [2.05, 4.69) is 0 Å². The van der Waals surface area contributed by atoms with E-state index >= 15 is 0 Å². The Morgan fingerprint density at radius 1 is 1.32 bits per heavy atom. The minimum atomic E-state index is -3.92. The quantitative estimate of drug-likeness (QED) is 0.838. The molecule has 22 heavy (non-hydrogen) atoms. The minimum Gasteiger partial charge on any atom is -0.481 e. The van der Waals surface area contributed by atoms with Gasteiger partial charge in [0.25, 0.3) is 5.91 Å². The van der Waals surface area contributed by atoms with Crippen molar-refractivity contribution >= 4 is 21.9 Å². The van der Waals surface area contributed by atoms with Gasteiger partial charge in [0.05, 0.1) is 10.8 Å². The highest BCUT2D eigenvalue weighted by Gasteiger charge is 2.31. The molecule has 3 N–H and O–H groups in total. The van der Waals surface area contributed by atoms with Crippen molar-refractivity contribution in [3.05, 3.63) is 28.8 Å². The van der Waals surface area contributed by atoms with Crippen molar-refractivity contribution in [1.82, 2.24) is 4.90 Å². The summed E-state index contributed by atoms with van der Waals surface area (Å²) in [5.41, 5.74) is 1.35. The Morgan fingerprint density at radius 3 is 2.45 bits per heavy atom. The number of carboxylic acid groups (broad SMARTS) is 1. The Morgan fingerprint density at radius 2 is 1.95 bits per heavy atom. The monoisotopic (exact) mass is 326 g/mol. The van der Waals surface area contributed by atoms with Crippen LogP contribution in [0.2, 0.25) is 0 Å². The number of hydrogen-bond donors (Lipinski definition) is 2. The van der Waals surface area contributed by atoms with Crippen molar-refractivity contribution in [3.63, 3.8) is 0 Å². The molecule has 1 saturated heterocycles. The third kappa shape index (κ3) is 3.12. The van der Waals surface area contributed by atoms with E-state index in [9.17, 15) is 18.0 Å². The topological polar surface area (TPSA) is 118 Å². The minimum absolute atomic E-state index is 0.0789. The second-order valence-corrected chi connectivity index (χ2v) is 7.07. The number of likely N-dealkylation sites (tertiary alicyclic amines) is 1. The maximum atomic E-state index is 12.5. The molecule has 1 aromatic carbocycles. The van der Waals surface area contributed by atoms with Gasteiger partial charge >= 0.3 is 5.97 Å². The van der Waals surface area contributed by atoms with E-state index in [1.807, 2.05) is 0 Å². The second-order valence-electron chi connectivity index (χ2n) is 5.54. The molecule has 0 saturated carbocycles. The van der Waals surface area contributed by atoms with Gasteiger partial charge in [0.1, 0.15) is 0 Å². The number of primary sulfonamides is 1. The van der Waals surface area contributed by atoms with Gasteiger partial charge in [-0.2, -0.15) is 0 Å². The molecule has 1 atom stereocenters. The molecule has 1 amide bonds. The van der Waals surface area contributed by atoms with E-state index in [0.29, 0.717) is 24.1 Å². The van der Waals surface area contributed by atoms with Crippen molar-refractivity contribution in [2.75, 3.05) is 13.1 Å². The first-order chi connectivity index (χ1) is 10.1. The molecule has 1 aromatic rings. The molecule has 1 fully saturated rings. The number of carbonyl (C=O) groups is 2. The van der Waals surface area contributed by atoms with Crippen molar-refractivity contribution in [2.45, 2.75) is 25.2 Å². The van der Waals surface area contributed by atoms with Crippen molar-refractivity contribution < 1.29 is 23.1 Å². The number of amides is 1. The van der Waals surface area contributed by atoms with Gasteiger partial charge in [-0.3, -0.25) is 9.59 Å². The third-order valence-electron chi connectivity index (χ3n) is 4.00. The maximum Gasteiger partial charge on any atom is 0.308 e. The first kappa shape index (κ1) is 16.4. The number of carboxylic acids is 1. The van der Waals surface area contributed by atoms with Crippen LogP contribution in [0.4, 0.5) is 0 Å². The smallest absolute Gasteiger partial charge is 0.308 e. The summed E-state index contributed by atoms with van der Waals surface area (Å²) >= 11 is 0. The van der Waals surface area contributed by atoms with Gasteiger partial charge in [0.2, 0.25) is 10.0 Å². The van der Waals surface area contributed by atoms with Gasteiger partial charge in [-0.1, -0.05) is 0 Å². The molecule has 8 heteroatoms. The van der Waals surface area contributed by atoms with Gasteiger partial charge < -0.3 is 10.0 Å². The normalized spacial score (nSPS) is 18.5. The number of hydrogen-bond acceptors (Lipinski definition) is 4. The summed E-state index contributed by atoms with van der Waals surface area (Å²) in [6.07, 6.45) is 0.397. The number of nitrogens with two attached hydrogens (primary N) is 1. The third-order valence-corrected chi connectivity index (χ3v) is 5.03. The van der Waals surface area contributed by atoms with Gasteiger partial charge in [-0.25, -0.2) is 13.6 Å². The summed E-state index contributed by atoms with van der Waals surface area (Å²) in [4.78, 5) is 24.8. The van der Waals surface area contributed by atoms with E-state index in [0.717, 1.165) is 0 Å². The van der Waals surface area contributed by atoms with Crippen LogP contribution in [0.1, 0.15) is 27.9 Å². The molecule has 7 nitrogen and oxygen atoms in total. The van der Waals surface area contributed by atoms with Crippen LogP contribution in [0.25, 0.3) is 0 Å². The van der Waals surface area contributed by atoms with Crippen LogP contribution in [-0.4, -0.2) is 43.4 Å². The van der Waals surface area contributed by atoms with E-state index in [-0.39, 0.29) is 22.9 Å². The van der Waals surface area contributed by atoms with E-state index in [1.54, 1.807) is 19.9 Å². The van der Waals surface area contributed by atoms with Crippen LogP contribution < -0.4 is 5.14 Å². The fourth-order valence-corrected chi connectivity index (χ4v) is 3.45. The predicted molar refractivity (Wildman–Crippen MR) is 78.9 cm³/mol. The number of nitrogens with zero attached hydrogens (tertiary/aromatic N) is 1. The van der Waals surface area contributed by atoms with E-state index in [1.165, 1.54) is 11.0 Å². The lowest BCUT2D eigenvalue weighted by Crippen LogP contribution is -2.30. The highest BCUT2D eigenvalue weighted by Crippen LogP contribution is 2.23. The second kappa shape index (κ2) is 5.69. The highest BCUT2D eigenvalue weighted by molar-refractivity contribution is 7.89. The highest BCUT2D eigenvalue weighted by atomic mass is 32.2. The van der Waals surface area contributed by atoms with Crippen molar-refractivity contribution in [3.8, 4) is 0 Å². The van der Waals surface area contributed by atoms with Crippen LogP contribution in [-0.2, 0) is 14.8 Å². The van der Waals surface area contributed by atoms with Gasteiger partial charge in [0, 0.05) is 18.7 Å². The number of benzene rings is 1. The number of aryl methyl sites for hydroxylation is 1. The van der Waals surface area contributed by atoms with Gasteiger partial charge in [0.15, 0.2) is 0 Å². The summed E-state index contributed by atoms with van der Waals surface area (Å²) in [6.45, 7) is 3.80. The molecule has 120 valence electrons. The molecule has 0 aromatic heterocycles. The average Bonchev–Trinajstić information content (AvgIpc) is 2.89. The molecule has 0 radical (unpaired) electrons. The summed E-state index contributed by atoms with van der Waals surface area (Å²) in [6, 6.07) is 2.86. The Hall–Kier alpha value is -1.93. The Balaban J connectivity index is 2.36. The fraction of sp³-hybridized carbons (Fsp3) is 0.429. The standard InChI is InChI=1S/C14H18N2O5S/c1-8-5-11(6-12(9(8)2)22(15,20)21)13(17)16-4-3-10(7-16)14(18)19/h5-6,10H,3-4,7H2,1-2H3,(H,18,19)(H2,15,20,21). The Kier molecular flexibility index (Phi) is 4.25. The first-order valence-electron chi connectivity index (χ1n) is 6.77. The van der Waals surface area contributed by atoms with E-state index < -0.39 is 21.9 Å². The lowest BCUT2D eigenvalue weighted by atomic mass is 10.1. The zero-order valence-corrected chi connectivity index (χ0v) is 13.2. The number of aliphatic carboxylic acids is 1. The predicted octanol–water partition coefficient (Wildman–Crippen LogP) is 0.498. The molecule has 0 spiro atoms. The van der Waals surface area contributed by atoms with Crippen LogP contribution in [0.5, 0.6) is 0 Å². The van der Waals surface area contributed by atoms with Crippen LogP contribution in [0, 0.1) is 19.8 Å². The molecule has 1 aliphatic heterocycles. The molecule has 1 unspecified atom stereocenters. The number of rotatable bonds is 3. The molecule has 2 rings (SSSR count). The summed E-state index contributed by atoms with van der Waals surface area (Å²) in [7, 11) is -3.92. The van der Waals surface area contributed by atoms with Crippen molar-refractivity contribution in [1.29, 1.82) is 0 Å². The largest absolute Gasteiger partial charge is 0.481 e. The lowest BCUT2D eigenvalue weighted by Gasteiger charge is -2.17. The zero-order valence-electron chi connectivity index (χ0n) is 12.4. The summed E-state index contributed by atoms with van der Waals surface area (Å²) in [5.74, 6) is -1.88. The van der Waals surface area contributed by atoms with E-state index in [4.69, 9.17) is 10.2 Å². The maximum absolute atomic E-state index is 12.5. The Labute approximate surface area is 128 Å². The van der Waals surface area contributed by atoms with Gasteiger partial charge in [-0.05, 0) is 43.5 Å². The molecule has 0 aliphatic carbocycles. The zero-order chi connectivity index (χ0) is 16.7. The first-order valence-corrected chi connectivity index (χ1v) is 8.32. The molecular weight excluding hydrogens is 308 g/mol. The van der Waals surface area contributed by atoms with Crippen molar-refractivity contribution in [2.24, 2.45) is 11.1 Å². The summed E-state index contributed by atoms with van der Waals surface area (Å²) < 4.78 is 23.2. The number of sulfonamides is 1. The molecule has 1 heterocycles. The van der Waals surface area contributed by atoms with Gasteiger partial charge in [-0.15, -0.1) is 0 Å². The molecule has 1 aliphatic rings. The van der Waals surface area contributed by atoms with Crippen LogP contribution in [0.3, 0.4) is 0 Å². The average molecular weight is 326 g/mol. The molecular formula is C14H18N2O5S. The Bertz CT molecular complexity index is 742. The number of carbonyl (C=O) groups excluding carboxylic acids is 1. The van der Waals surface area contributed by atoms with Crippen LogP contribution in [0.15, 0.2) is 17.0 Å². The van der Waals surface area contributed by atoms with Crippen LogP contribution >= 0.6 is 0 Å².